The van der Waals surface area contributed by atoms with Gasteiger partial charge in [-0.2, -0.15) is 0 Å². The molecule has 0 amide bonds. The van der Waals surface area contributed by atoms with E-state index in [9.17, 15) is 9.59 Å². The van der Waals surface area contributed by atoms with Gasteiger partial charge in [-0.25, -0.2) is 9.78 Å². The number of aryl methyl sites for hydroxylation is 2. The number of ketones is 1. The number of esters is 1. The van der Waals surface area contributed by atoms with Gasteiger partial charge in [0.25, 0.3) is 0 Å². The number of allylic oxidation sites excluding steroid dienone is 1. The van der Waals surface area contributed by atoms with Gasteiger partial charge in [-0.05, 0) is 95.0 Å². The molecule has 3 rings (SSSR count). The highest BCUT2D eigenvalue weighted by Gasteiger charge is 2.36. The summed E-state index contributed by atoms with van der Waals surface area (Å²) in [5.74, 6) is 0.244. The maximum Gasteiger partial charge on any atom is 0.350 e. The summed E-state index contributed by atoms with van der Waals surface area (Å²) in [6.45, 7) is 13.6. The third-order valence-corrected chi connectivity index (χ3v) is 6.46. The Hall–Kier alpha value is -3.71. The molecule has 1 aromatic heterocycles. The van der Waals surface area contributed by atoms with Gasteiger partial charge in [0.05, 0.1) is 17.7 Å². The number of para-hydroxylation sites is 1. The van der Waals surface area contributed by atoms with Gasteiger partial charge in [-0.3, -0.25) is 4.79 Å². The first-order chi connectivity index (χ1) is 18.4. The molecule has 208 valence electrons. The van der Waals surface area contributed by atoms with Crippen LogP contribution in [0.3, 0.4) is 0 Å². The van der Waals surface area contributed by atoms with Crippen molar-refractivity contribution in [1.29, 1.82) is 0 Å². The summed E-state index contributed by atoms with van der Waals surface area (Å²) >= 11 is 0. The van der Waals surface area contributed by atoms with Crippen molar-refractivity contribution in [3.63, 3.8) is 0 Å². The largest absolute Gasteiger partial charge is 0.476 e. The second-order valence-corrected chi connectivity index (χ2v) is 10.7. The highest BCUT2D eigenvalue weighted by molar-refractivity contribution is 6.10. The molecule has 1 heterocycles. The minimum atomic E-state index is -1.17. The Morgan fingerprint density at radius 2 is 1.64 bits per heavy atom. The number of nitrogens with zero attached hydrogens (tertiary/aromatic N) is 1. The minimum Gasteiger partial charge on any atom is -0.476 e. The molecule has 0 unspecified atom stereocenters. The Morgan fingerprint density at radius 1 is 0.974 bits per heavy atom. The van der Waals surface area contributed by atoms with Crippen LogP contribution in [0, 0.1) is 13.8 Å². The number of hydrogen-bond donors (Lipinski definition) is 0. The van der Waals surface area contributed by atoms with Crippen LogP contribution in [0.15, 0.2) is 48.5 Å². The molecule has 0 atom stereocenters. The predicted octanol–water partition coefficient (Wildman–Crippen LogP) is 6.66. The summed E-state index contributed by atoms with van der Waals surface area (Å²) in [6.07, 6.45) is 3.96. The summed E-state index contributed by atoms with van der Waals surface area (Å²) < 4.78 is 22.7. The predicted molar refractivity (Wildman–Crippen MR) is 154 cm³/mol. The number of fused-ring (bicyclic) bond motifs is 1. The molecule has 0 saturated carbocycles. The van der Waals surface area contributed by atoms with E-state index in [4.69, 9.17) is 18.9 Å². The van der Waals surface area contributed by atoms with Gasteiger partial charge >= 0.3 is 5.97 Å². The van der Waals surface area contributed by atoms with Crippen LogP contribution in [-0.2, 0) is 14.3 Å². The number of pyridine rings is 1. The molecule has 3 aromatic rings. The van der Waals surface area contributed by atoms with Crippen LogP contribution in [0.4, 0.5) is 0 Å². The Balaban J connectivity index is 1.83. The van der Waals surface area contributed by atoms with E-state index in [2.05, 4.69) is 4.98 Å². The highest BCUT2D eigenvalue weighted by atomic mass is 16.6. The van der Waals surface area contributed by atoms with Gasteiger partial charge in [0.15, 0.2) is 11.4 Å². The van der Waals surface area contributed by atoms with Crippen molar-refractivity contribution in [2.45, 2.75) is 66.1 Å². The van der Waals surface area contributed by atoms with Crippen LogP contribution in [0.5, 0.6) is 11.6 Å². The zero-order valence-corrected chi connectivity index (χ0v) is 24.2. The van der Waals surface area contributed by atoms with Crippen molar-refractivity contribution in [1.82, 2.24) is 4.98 Å². The maximum absolute atomic E-state index is 13.2. The van der Waals surface area contributed by atoms with Crippen molar-refractivity contribution in [3.8, 4) is 11.6 Å². The summed E-state index contributed by atoms with van der Waals surface area (Å²) in [5, 5.41) is 0.852. The van der Waals surface area contributed by atoms with E-state index in [1.807, 2.05) is 71.0 Å². The lowest BCUT2D eigenvalue weighted by molar-refractivity contribution is -0.172. The average molecular weight is 534 g/mol. The lowest BCUT2D eigenvalue weighted by atomic mass is 10.0. The van der Waals surface area contributed by atoms with Crippen LogP contribution >= 0.6 is 0 Å². The quantitative estimate of drug-likeness (QED) is 0.111. The van der Waals surface area contributed by atoms with Gasteiger partial charge in [-0.15, -0.1) is 0 Å². The van der Waals surface area contributed by atoms with Crippen molar-refractivity contribution in [3.05, 3.63) is 70.8 Å². The zero-order chi connectivity index (χ0) is 28.8. The number of aromatic nitrogens is 1. The molecular formula is C32H39NO6. The molecule has 0 bridgehead atoms. The van der Waals surface area contributed by atoms with Crippen LogP contribution in [0.1, 0.15) is 68.1 Å². The standard InChI is InChI=1S/C32H39NO6/c1-9-31(4,5)39-30(35)32(6,7)38-28-21(2)18-23(19-22(28)3)14-15-27(34)25-20-24-12-10-11-13-26(24)33-29(25)37-17-16-36-8/h10-15,18-20H,9,16-17H2,1-8H3/b15-14+. The van der Waals surface area contributed by atoms with Crippen LogP contribution < -0.4 is 9.47 Å². The van der Waals surface area contributed by atoms with Gasteiger partial charge in [0.2, 0.25) is 5.88 Å². The number of methoxy groups -OCH3 is 1. The molecule has 7 nitrogen and oxygen atoms in total. The zero-order valence-electron chi connectivity index (χ0n) is 24.2. The number of benzene rings is 2. The Labute approximate surface area is 231 Å². The fourth-order valence-corrected chi connectivity index (χ4v) is 3.85. The number of rotatable bonds is 12. The molecule has 39 heavy (non-hydrogen) atoms. The first-order valence-corrected chi connectivity index (χ1v) is 13.1. The van der Waals surface area contributed by atoms with E-state index < -0.39 is 17.2 Å². The van der Waals surface area contributed by atoms with Gasteiger partial charge in [0.1, 0.15) is 18.0 Å². The van der Waals surface area contributed by atoms with Crippen LogP contribution in [0.2, 0.25) is 0 Å². The monoisotopic (exact) mass is 533 g/mol. The summed E-state index contributed by atoms with van der Waals surface area (Å²) in [4.78, 5) is 30.6. The Morgan fingerprint density at radius 3 is 2.28 bits per heavy atom. The van der Waals surface area contributed by atoms with Crippen molar-refractivity contribution in [2.24, 2.45) is 0 Å². The number of carbonyl (C=O) groups excluding carboxylic acids is 2. The van der Waals surface area contributed by atoms with E-state index in [1.165, 1.54) is 6.08 Å². The smallest absolute Gasteiger partial charge is 0.350 e. The lowest BCUT2D eigenvalue weighted by Gasteiger charge is -2.31. The summed E-state index contributed by atoms with van der Waals surface area (Å²) in [6, 6.07) is 13.2. The van der Waals surface area contributed by atoms with Crippen molar-refractivity contribution in [2.75, 3.05) is 20.3 Å². The first kappa shape index (κ1) is 29.8. The highest BCUT2D eigenvalue weighted by Crippen LogP contribution is 2.31. The minimum absolute atomic E-state index is 0.223. The van der Waals surface area contributed by atoms with E-state index in [-0.39, 0.29) is 18.3 Å². The molecule has 0 spiro atoms. The second kappa shape index (κ2) is 12.4. The number of ether oxygens (including phenoxy) is 4. The molecule has 0 radical (unpaired) electrons. The van der Waals surface area contributed by atoms with Gasteiger partial charge in [0, 0.05) is 12.5 Å². The molecule has 0 aliphatic carbocycles. The molecule has 0 saturated heterocycles. The van der Waals surface area contributed by atoms with Gasteiger partial charge < -0.3 is 18.9 Å². The first-order valence-electron chi connectivity index (χ1n) is 13.1. The fourth-order valence-electron chi connectivity index (χ4n) is 3.85. The van der Waals surface area contributed by atoms with E-state index >= 15 is 0 Å². The molecule has 0 fully saturated rings. The topological polar surface area (TPSA) is 84.0 Å². The van der Waals surface area contributed by atoms with Crippen molar-refractivity contribution >= 4 is 28.7 Å². The van der Waals surface area contributed by atoms with E-state index in [1.54, 1.807) is 33.1 Å². The summed E-state index contributed by atoms with van der Waals surface area (Å²) in [5.41, 5.74) is 1.90. The SMILES string of the molecule is CCC(C)(C)OC(=O)C(C)(C)Oc1c(C)cc(/C=C/C(=O)c2cc3ccccc3nc2OCCOC)cc1C. The molecule has 0 N–H and O–H groups in total. The fraction of sp³-hybridized carbons (Fsp3) is 0.406. The average Bonchev–Trinajstić information content (AvgIpc) is 2.88. The Kier molecular flexibility index (Phi) is 9.51. The number of hydrogen-bond acceptors (Lipinski definition) is 7. The Bertz CT molecular complexity index is 1350. The van der Waals surface area contributed by atoms with E-state index in [0.717, 1.165) is 27.6 Å². The molecular weight excluding hydrogens is 494 g/mol. The molecule has 2 aromatic carbocycles. The van der Waals surface area contributed by atoms with Gasteiger partial charge in [-0.1, -0.05) is 31.2 Å². The third-order valence-electron chi connectivity index (χ3n) is 6.46. The summed E-state index contributed by atoms with van der Waals surface area (Å²) in [7, 11) is 1.59. The third kappa shape index (κ3) is 7.67. The molecule has 0 aliphatic heterocycles. The van der Waals surface area contributed by atoms with E-state index in [0.29, 0.717) is 24.3 Å². The number of carbonyl (C=O) groups is 2. The second-order valence-electron chi connectivity index (χ2n) is 10.7. The molecule has 0 aliphatic rings. The maximum atomic E-state index is 13.2. The van der Waals surface area contributed by atoms with Crippen molar-refractivity contribution < 1.29 is 28.5 Å². The normalized spacial score (nSPS) is 12.1. The van der Waals surface area contributed by atoms with Crippen LogP contribution in [-0.4, -0.2) is 48.3 Å². The molecule has 7 heteroatoms. The lowest BCUT2D eigenvalue weighted by Crippen LogP contribution is -2.44. The van der Waals surface area contributed by atoms with Crippen LogP contribution in [0.25, 0.3) is 17.0 Å².